The standard InChI is InChI=1S/C11H18N4O/c1-12-6-7-15(2)11(16)10-8-4-3-5-9(8)13-14-10/h12H,3-7H2,1-2H3,(H,13,14). The first-order valence-corrected chi connectivity index (χ1v) is 5.70. The fourth-order valence-electron chi connectivity index (χ4n) is 2.06. The number of rotatable bonds is 4. The van der Waals surface area contributed by atoms with Crippen LogP contribution in [0.1, 0.15) is 28.2 Å². The number of nitrogens with one attached hydrogen (secondary N) is 2. The SMILES string of the molecule is CNCCN(C)C(=O)c1n[nH]c2c1CCC2. The van der Waals surface area contributed by atoms with Gasteiger partial charge in [0.15, 0.2) is 5.69 Å². The van der Waals surface area contributed by atoms with Gasteiger partial charge in [-0.15, -0.1) is 0 Å². The van der Waals surface area contributed by atoms with Gasteiger partial charge in [0.2, 0.25) is 0 Å². The maximum Gasteiger partial charge on any atom is 0.274 e. The lowest BCUT2D eigenvalue weighted by atomic mass is 10.2. The molecule has 5 nitrogen and oxygen atoms in total. The van der Waals surface area contributed by atoms with Crippen LogP contribution in [0.2, 0.25) is 0 Å². The number of carbonyl (C=O) groups excluding carboxylic acids is 1. The highest BCUT2D eigenvalue weighted by Crippen LogP contribution is 2.23. The second-order valence-electron chi connectivity index (χ2n) is 4.21. The van der Waals surface area contributed by atoms with E-state index in [0.717, 1.165) is 37.1 Å². The molecular formula is C11H18N4O. The van der Waals surface area contributed by atoms with Crippen LogP contribution in [0, 0.1) is 0 Å². The van der Waals surface area contributed by atoms with Crippen molar-refractivity contribution in [3.8, 4) is 0 Å². The molecule has 0 spiro atoms. The zero-order chi connectivity index (χ0) is 11.5. The molecule has 0 saturated heterocycles. The molecular weight excluding hydrogens is 204 g/mol. The lowest BCUT2D eigenvalue weighted by Gasteiger charge is -2.15. The first kappa shape index (κ1) is 11.1. The largest absolute Gasteiger partial charge is 0.339 e. The molecule has 0 bridgehead atoms. The van der Waals surface area contributed by atoms with Crippen LogP contribution in [0.5, 0.6) is 0 Å². The van der Waals surface area contributed by atoms with Crippen LogP contribution in [-0.4, -0.2) is 48.2 Å². The monoisotopic (exact) mass is 222 g/mol. The number of H-pyrrole nitrogens is 1. The molecule has 0 unspecified atom stereocenters. The predicted octanol–water partition coefficient (Wildman–Crippen LogP) is 0.190. The molecule has 1 amide bonds. The molecule has 1 aromatic heterocycles. The van der Waals surface area contributed by atoms with Crippen LogP contribution >= 0.6 is 0 Å². The summed E-state index contributed by atoms with van der Waals surface area (Å²) < 4.78 is 0. The van der Waals surface area contributed by atoms with E-state index in [1.165, 1.54) is 0 Å². The highest BCUT2D eigenvalue weighted by molar-refractivity contribution is 5.94. The van der Waals surface area contributed by atoms with Gasteiger partial charge in [-0.3, -0.25) is 9.89 Å². The third kappa shape index (κ3) is 1.95. The van der Waals surface area contributed by atoms with Crippen molar-refractivity contribution < 1.29 is 4.79 Å². The van der Waals surface area contributed by atoms with Crippen LogP contribution in [0.25, 0.3) is 0 Å². The molecule has 1 aliphatic rings. The van der Waals surface area contributed by atoms with Crippen LogP contribution in [-0.2, 0) is 12.8 Å². The number of carbonyl (C=O) groups is 1. The second-order valence-corrected chi connectivity index (χ2v) is 4.21. The van der Waals surface area contributed by atoms with Gasteiger partial charge >= 0.3 is 0 Å². The van der Waals surface area contributed by atoms with Gasteiger partial charge < -0.3 is 10.2 Å². The number of hydrogen-bond acceptors (Lipinski definition) is 3. The van der Waals surface area contributed by atoms with Crippen LogP contribution < -0.4 is 5.32 Å². The van der Waals surface area contributed by atoms with Crippen LogP contribution in [0.15, 0.2) is 0 Å². The van der Waals surface area contributed by atoms with Crippen molar-refractivity contribution in [1.82, 2.24) is 20.4 Å². The van der Waals surface area contributed by atoms with Crippen molar-refractivity contribution in [1.29, 1.82) is 0 Å². The summed E-state index contributed by atoms with van der Waals surface area (Å²) >= 11 is 0. The van der Waals surface area contributed by atoms with E-state index in [9.17, 15) is 4.79 Å². The lowest BCUT2D eigenvalue weighted by Crippen LogP contribution is -2.33. The number of hydrogen-bond donors (Lipinski definition) is 2. The predicted molar refractivity (Wildman–Crippen MR) is 61.5 cm³/mol. The van der Waals surface area contributed by atoms with Crippen molar-refractivity contribution in [3.63, 3.8) is 0 Å². The fourth-order valence-corrected chi connectivity index (χ4v) is 2.06. The molecule has 1 heterocycles. The maximum atomic E-state index is 12.1. The zero-order valence-electron chi connectivity index (χ0n) is 9.84. The Morgan fingerprint density at radius 3 is 3.12 bits per heavy atom. The molecule has 5 heteroatoms. The number of aryl methyl sites for hydroxylation is 1. The highest BCUT2D eigenvalue weighted by Gasteiger charge is 2.24. The summed E-state index contributed by atoms with van der Waals surface area (Å²) in [7, 11) is 3.69. The van der Waals surface area contributed by atoms with Crippen molar-refractivity contribution in [2.75, 3.05) is 27.2 Å². The molecule has 88 valence electrons. The van der Waals surface area contributed by atoms with Crippen molar-refractivity contribution in [3.05, 3.63) is 17.0 Å². The summed E-state index contributed by atoms with van der Waals surface area (Å²) in [6, 6.07) is 0. The van der Waals surface area contributed by atoms with E-state index >= 15 is 0 Å². The first-order valence-electron chi connectivity index (χ1n) is 5.70. The van der Waals surface area contributed by atoms with Gasteiger partial charge in [-0.2, -0.15) is 5.10 Å². The number of nitrogens with zero attached hydrogens (tertiary/aromatic N) is 2. The van der Waals surface area contributed by atoms with E-state index in [4.69, 9.17) is 0 Å². The molecule has 1 aromatic rings. The summed E-state index contributed by atoms with van der Waals surface area (Å²) in [4.78, 5) is 13.8. The van der Waals surface area contributed by atoms with Crippen molar-refractivity contribution in [2.24, 2.45) is 0 Å². The summed E-state index contributed by atoms with van der Waals surface area (Å²) in [5.41, 5.74) is 2.89. The van der Waals surface area contributed by atoms with E-state index in [-0.39, 0.29) is 5.91 Å². The molecule has 0 fully saturated rings. The Hall–Kier alpha value is -1.36. The summed E-state index contributed by atoms with van der Waals surface area (Å²) in [5.74, 6) is 0.0228. The number of aromatic amines is 1. The van der Waals surface area contributed by atoms with Gasteiger partial charge in [-0.1, -0.05) is 0 Å². The molecule has 0 atom stereocenters. The van der Waals surface area contributed by atoms with Crippen molar-refractivity contribution >= 4 is 5.91 Å². The quantitative estimate of drug-likeness (QED) is 0.764. The van der Waals surface area contributed by atoms with Gasteiger partial charge in [0.1, 0.15) is 0 Å². The Morgan fingerprint density at radius 1 is 1.56 bits per heavy atom. The number of fused-ring (bicyclic) bond motifs is 1. The molecule has 0 aromatic carbocycles. The summed E-state index contributed by atoms with van der Waals surface area (Å²) in [6.07, 6.45) is 3.13. The van der Waals surface area contributed by atoms with E-state index < -0.39 is 0 Å². The molecule has 16 heavy (non-hydrogen) atoms. The second kappa shape index (κ2) is 4.65. The minimum atomic E-state index is 0.0228. The smallest absolute Gasteiger partial charge is 0.274 e. The van der Waals surface area contributed by atoms with Gasteiger partial charge in [0.25, 0.3) is 5.91 Å². The van der Waals surface area contributed by atoms with Crippen LogP contribution in [0.3, 0.4) is 0 Å². The number of amides is 1. The van der Waals surface area contributed by atoms with Gasteiger partial charge in [0, 0.05) is 31.4 Å². The number of likely N-dealkylation sites (N-methyl/N-ethyl adjacent to an activating group) is 2. The van der Waals surface area contributed by atoms with E-state index in [1.54, 1.807) is 4.90 Å². The lowest BCUT2D eigenvalue weighted by molar-refractivity contribution is 0.0790. The third-order valence-electron chi connectivity index (χ3n) is 3.05. The summed E-state index contributed by atoms with van der Waals surface area (Å²) in [6.45, 7) is 1.51. The Morgan fingerprint density at radius 2 is 2.38 bits per heavy atom. The molecule has 0 saturated carbocycles. The van der Waals surface area contributed by atoms with Gasteiger partial charge in [-0.05, 0) is 26.3 Å². The van der Waals surface area contributed by atoms with Crippen LogP contribution in [0.4, 0.5) is 0 Å². The Balaban J connectivity index is 2.08. The zero-order valence-corrected chi connectivity index (χ0v) is 9.84. The topological polar surface area (TPSA) is 61.0 Å². The maximum absolute atomic E-state index is 12.1. The molecule has 1 aliphatic carbocycles. The van der Waals surface area contributed by atoms with E-state index in [0.29, 0.717) is 12.2 Å². The normalized spacial score (nSPS) is 13.9. The fraction of sp³-hybridized carbons (Fsp3) is 0.636. The average Bonchev–Trinajstić information content (AvgIpc) is 2.86. The summed E-state index contributed by atoms with van der Waals surface area (Å²) in [5, 5.41) is 10.1. The molecule has 0 aliphatic heterocycles. The Kier molecular flexibility index (Phi) is 3.24. The Labute approximate surface area is 95.2 Å². The minimum Gasteiger partial charge on any atom is -0.339 e. The molecule has 2 rings (SSSR count). The molecule has 0 radical (unpaired) electrons. The van der Waals surface area contributed by atoms with E-state index in [1.807, 2.05) is 14.1 Å². The third-order valence-corrected chi connectivity index (χ3v) is 3.05. The van der Waals surface area contributed by atoms with E-state index in [2.05, 4.69) is 15.5 Å². The van der Waals surface area contributed by atoms with Crippen molar-refractivity contribution in [2.45, 2.75) is 19.3 Å². The van der Waals surface area contributed by atoms with Gasteiger partial charge in [-0.25, -0.2) is 0 Å². The average molecular weight is 222 g/mol. The first-order chi connectivity index (χ1) is 7.74. The molecule has 2 N–H and O–H groups in total. The minimum absolute atomic E-state index is 0.0228. The highest BCUT2D eigenvalue weighted by atomic mass is 16.2. The van der Waals surface area contributed by atoms with Gasteiger partial charge in [0.05, 0.1) is 0 Å². The Bertz CT molecular complexity index is 385. The number of aromatic nitrogens is 2.